The van der Waals surface area contributed by atoms with Crippen molar-refractivity contribution in [1.82, 2.24) is 0 Å². The molecule has 0 bridgehead atoms. The van der Waals surface area contributed by atoms with Crippen LogP contribution < -0.4 is 0 Å². The van der Waals surface area contributed by atoms with Gasteiger partial charge >= 0.3 is 0 Å². The highest BCUT2D eigenvalue weighted by atomic mass is 32.2. The molecule has 0 fully saturated rings. The molecule has 0 aromatic carbocycles. The van der Waals surface area contributed by atoms with Gasteiger partial charge in [0.1, 0.15) is 0 Å². The molecule has 0 aliphatic rings. The smallest absolute Gasteiger partial charge is 0.0809 e. The van der Waals surface area contributed by atoms with E-state index >= 15 is 0 Å². The molecule has 0 aliphatic heterocycles. The molecule has 92 valence electrons. The molecule has 15 heavy (non-hydrogen) atoms. The van der Waals surface area contributed by atoms with Crippen molar-refractivity contribution >= 4 is 97.6 Å². The van der Waals surface area contributed by atoms with E-state index < -0.39 is 0 Å². The average molecular weight is 357 g/mol. The van der Waals surface area contributed by atoms with E-state index in [4.69, 9.17) is 0 Å². The van der Waals surface area contributed by atoms with Gasteiger partial charge in [0.05, 0.1) is 8.66 Å². The number of rotatable bonds is 9. The summed E-state index contributed by atoms with van der Waals surface area (Å²) < 4.78 is 0.603. The molecule has 0 aromatic heterocycles. The standard InChI is InChI=1S/C7H16S8/c1-7(14-4-10,15-5-11)6(12-2-8)13-3-9/h6,8-11H,2-5H2,1H3. The fourth-order valence-electron chi connectivity index (χ4n) is 0.920. The van der Waals surface area contributed by atoms with Gasteiger partial charge in [0, 0.05) is 20.3 Å². The fraction of sp³-hybridized carbons (Fsp3) is 1.00. The molecule has 0 spiro atoms. The lowest BCUT2D eigenvalue weighted by Gasteiger charge is -2.34. The Labute approximate surface area is 132 Å². The van der Waals surface area contributed by atoms with Gasteiger partial charge < -0.3 is 0 Å². The van der Waals surface area contributed by atoms with Crippen LogP contribution in [-0.2, 0) is 0 Å². The first kappa shape index (κ1) is 17.8. The summed E-state index contributed by atoms with van der Waals surface area (Å²) >= 11 is 24.6. The first-order chi connectivity index (χ1) is 7.14. The van der Waals surface area contributed by atoms with Gasteiger partial charge in [0.15, 0.2) is 0 Å². The van der Waals surface area contributed by atoms with E-state index in [2.05, 4.69) is 57.4 Å². The van der Waals surface area contributed by atoms with Crippen molar-refractivity contribution in [2.24, 2.45) is 0 Å². The molecule has 0 aromatic rings. The summed E-state index contributed by atoms with van der Waals surface area (Å²) in [6, 6.07) is 0. The predicted molar refractivity (Wildman–Crippen MR) is 98.0 cm³/mol. The van der Waals surface area contributed by atoms with Crippen molar-refractivity contribution in [2.45, 2.75) is 15.6 Å². The monoisotopic (exact) mass is 356 g/mol. The maximum atomic E-state index is 4.31. The molecule has 0 atom stereocenters. The van der Waals surface area contributed by atoms with Crippen molar-refractivity contribution in [1.29, 1.82) is 0 Å². The van der Waals surface area contributed by atoms with E-state index in [1.54, 1.807) is 0 Å². The normalized spacial score (nSPS) is 12.4. The molecule has 0 unspecified atom stereocenters. The average Bonchev–Trinajstić information content (AvgIpc) is 2.18. The van der Waals surface area contributed by atoms with Crippen LogP contribution >= 0.6 is 97.6 Å². The molecule has 0 rings (SSSR count). The Morgan fingerprint density at radius 3 is 1.53 bits per heavy atom. The van der Waals surface area contributed by atoms with Crippen molar-refractivity contribution in [3.8, 4) is 0 Å². The topological polar surface area (TPSA) is 0 Å². The Kier molecular flexibility index (Phi) is 12.7. The zero-order valence-corrected chi connectivity index (χ0v) is 15.2. The van der Waals surface area contributed by atoms with E-state index in [1.807, 2.05) is 47.0 Å². The highest BCUT2D eigenvalue weighted by Crippen LogP contribution is 2.50. The SMILES string of the molecule is CC(SCS)(SCS)C(SCS)SCS. The summed E-state index contributed by atoms with van der Waals surface area (Å²) in [6.07, 6.45) is 0. The van der Waals surface area contributed by atoms with Crippen molar-refractivity contribution < 1.29 is 0 Å². The highest BCUT2D eigenvalue weighted by Gasteiger charge is 2.35. The predicted octanol–water partition coefficient (Wildman–Crippen LogP) is 4.51. The minimum absolute atomic E-state index is 0.129. The summed E-state index contributed by atoms with van der Waals surface area (Å²) in [5.74, 6) is 0. The van der Waals surface area contributed by atoms with Crippen LogP contribution in [0.25, 0.3) is 0 Å². The largest absolute Gasteiger partial charge is 0.168 e. The maximum absolute atomic E-state index is 4.31. The van der Waals surface area contributed by atoms with Crippen molar-refractivity contribution in [3.63, 3.8) is 0 Å². The van der Waals surface area contributed by atoms with Gasteiger partial charge in [-0.3, -0.25) is 0 Å². The molecule has 0 aliphatic carbocycles. The van der Waals surface area contributed by atoms with Crippen LogP contribution in [-0.4, -0.2) is 29.0 Å². The first-order valence-electron chi connectivity index (χ1n) is 4.09. The zero-order chi connectivity index (χ0) is 11.7. The lowest BCUT2D eigenvalue weighted by Crippen LogP contribution is -2.28. The molecule has 0 radical (unpaired) electrons. The van der Waals surface area contributed by atoms with E-state index in [1.165, 1.54) is 0 Å². The Balaban J connectivity index is 4.48. The lowest BCUT2D eigenvalue weighted by molar-refractivity contribution is 1.01. The van der Waals surface area contributed by atoms with Crippen molar-refractivity contribution in [3.05, 3.63) is 0 Å². The van der Waals surface area contributed by atoms with E-state index in [0.717, 1.165) is 20.3 Å². The van der Waals surface area contributed by atoms with Gasteiger partial charge in [-0.25, -0.2) is 0 Å². The third-order valence-corrected chi connectivity index (χ3v) is 9.09. The number of hydrogen-bond donors (Lipinski definition) is 4. The minimum atomic E-state index is 0.129. The summed E-state index contributed by atoms with van der Waals surface area (Å²) in [5.41, 5.74) is 0. The lowest BCUT2D eigenvalue weighted by atomic mass is 10.5. The number of thiol groups is 4. The quantitative estimate of drug-likeness (QED) is 0.354. The van der Waals surface area contributed by atoms with Crippen LogP contribution in [0.5, 0.6) is 0 Å². The van der Waals surface area contributed by atoms with Crippen molar-refractivity contribution in [2.75, 3.05) is 20.3 Å². The Morgan fingerprint density at radius 1 is 0.867 bits per heavy atom. The van der Waals surface area contributed by atoms with Crippen LogP contribution in [0.3, 0.4) is 0 Å². The van der Waals surface area contributed by atoms with Crippen LogP contribution in [0, 0.1) is 0 Å². The van der Waals surface area contributed by atoms with Gasteiger partial charge in [0.2, 0.25) is 0 Å². The molecular weight excluding hydrogens is 341 g/mol. The van der Waals surface area contributed by atoms with Gasteiger partial charge in [-0.15, -0.1) is 47.0 Å². The van der Waals surface area contributed by atoms with Gasteiger partial charge in [-0.05, 0) is 6.92 Å². The molecular formula is C7H16S8. The van der Waals surface area contributed by atoms with E-state index in [-0.39, 0.29) is 4.08 Å². The number of hydrogen-bond acceptors (Lipinski definition) is 8. The zero-order valence-electron chi connectivity index (χ0n) is 8.33. The van der Waals surface area contributed by atoms with Crippen LogP contribution in [0.2, 0.25) is 0 Å². The molecule has 0 amide bonds. The molecule has 0 nitrogen and oxygen atoms in total. The second-order valence-electron chi connectivity index (χ2n) is 2.49. The number of thioether (sulfide) groups is 4. The summed E-state index contributed by atoms with van der Waals surface area (Å²) in [7, 11) is 0. The third-order valence-electron chi connectivity index (χ3n) is 1.58. The summed E-state index contributed by atoms with van der Waals surface area (Å²) in [6.45, 7) is 2.26. The third kappa shape index (κ3) is 7.08. The fourth-order valence-corrected chi connectivity index (χ4v) is 9.33. The molecule has 0 saturated heterocycles. The summed E-state index contributed by atoms with van der Waals surface area (Å²) in [4.78, 5) is 0. The van der Waals surface area contributed by atoms with Gasteiger partial charge in [-0.1, -0.05) is 0 Å². The van der Waals surface area contributed by atoms with Gasteiger partial charge in [-0.2, -0.15) is 50.5 Å². The van der Waals surface area contributed by atoms with Crippen LogP contribution in [0.1, 0.15) is 6.92 Å². The molecule has 0 heterocycles. The Hall–Kier alpha value is 2.80. The van der Waals surface area contributed by atoms with Crippen LogP contribution in [0.15, 0.2) is 0 Å². The second-order valence-corrected chi connectivity index (χ2v) is 11.1. The Morgan fingerprint density at radius 2 is 1.27 bits per heavy atom. The molecule has 0 saturated carbocycles. The first-order valence-corrected chi connectivity index (χ1v) is 10.7. The Bertz CT molecular complexity index is 140. The summed E-state index contributed by atoms with van der Waals surface area (Å²) in [5, 5.41) is 3.32. The molecule has 0 N–H and O–H groups in total. The highest BCUT2D eigenvalue weighted by molar-refractivity contribution is 8.29. The van der Waals surface area contributed by atoms with E-state index in [9.17, 15) is 0 Å². The minimum Gasteiger partial charge on any atom is -0.168 e. The van der Waals surface area contributed by atoms with Crippen LogP contribution in [0.4, 0.5) is 0 Å². The maximum Gasteiger partial charge on any atom is 0.0809 e. The molecule has 8 heteroatoms. The van der Waals surface area contributed by atoms with E-state index in [0.29, 0.717) is 4.58 Å². The van der Waals surface area contributed by atoms with Gasteiger partial charge in [0.25, 0.3) is 0 Å². The second kappa shape index (κ2) is 10.7.